The zero-order chi connectivity index (χ0) is 14.3. The molecule has 0 aromatic heterocycles. The number of halogens is 1. The van der Waals surface area contributed by atoms with Crippen LogP contribution in [0.5, 0.6) is 0 Å². The van der Waals surface area contributed by atoms with Crippen LogP contribution in [0.25, 0.3) is 0 Å². The number of aryl methyl sites for hydroxylation is 1. The third-order valence-electron chi connectivity index (χ3n) is 2.69. The minimum Gasteiger partial charge on any atom is -0.351 e. The first-order valence-electron chi connectivity index (χ1n) is 6.30. The first-order chi connectivity index (χ1) is 9.06. The van der Waals surface area contributed by atoms with E-state index >= 15 is 0 Å². The zero-order valence-corrected chi connectivity index (χ0v) is 12.5. The van der Waals surface area contributed by atoms with E-state index in [1.165, 1.54) is 12.1 Å². The quantitative estimate of drug-likeness (QED) is 0.458. The molecule has 0 spiro atoms. The fourth-order valence-corrected chi connectivity index (χ4v) is 1.63. The molecule has 6 nitrogen and oxygen atoms in total. The molecule has 0 aliphatic heterocycles. The van der Waals surface area contributed by atoms with E-state index in [9.17, 15) is 14.9 Å². The van der Waals surface area contributed by atoms with Gasteiger partial charge in [0.15, 0.2) is 0 Å². The van der Waals surface area contributed by atoms with Crippen molar-refractivity contribution in [1.29, 1.82) is 0 Å². The Morgan fingerprint density at radius 1 is 1.30 bits per heavy atom. The fraction of sp³-hybridized carbons (Fsp3) is 0.462. The van der Waals surface area contributed by atoms with Crippen LogP contribution in [-0.4, -0.2) is 30.5 Å². The van der Waals surface area contributed by atoms with Crippen molar-refractivity contribution in [3.05, 3.63) is 39.4 Å². The molecule has 0 aliphatic carbocycles. The number of amides is 1. The molecule has 1 aromatic rings. The van der Waals surface area contributed by atoms with Crippen LogP contribution in [-0.2, 0) is 0 Å². The van der Waals surface area contributed by atoms with Gasteiger partial charge < -0.3 is 10.6 Å². The summed E-state index contributed by atoms with van der Waals surface area (Å²) in [5.74, 6) is -0.278. The SMILES string of the molecule is CCCNCCNC(=O)c1cc([N+](=O)[O-])ccc1C.Cl. The Kier molecular flexibility index (Phi) is 8.51. The molecule has 2 N–H and O–H groups in total. The molecular formula is C13H20ClN3O3. The van der Waals surface area contributed by atoms with E-state index in [1.54, 1.807) is 13.0 Å². The normalized spacial score (nSPS) is 9.70. The van der Waals surface area contributed by atoms with Gasteiger partial charge in [-0.3, -0.25) is 14.9 Å². The van der Waals surface area contributed by atoms with Crippen LogP contribution in [0, 0.1) is 17.0 Å². The summed E-state index contributed by atoms with van der Waals surface area (Å²) in [6, 6.07) is 4.29. The number of nitro benzene ring substituents is 1. The van der Waals surface area contributed by atoms with Crippen molar-refractivity contribution < 1.29 is 9.72 Å². The number of hydrogen-bond acceptors (Lipinski definition) is 4. The van der Waals surface area contributed by atoms with Crippen molar-refractivity contribution in [1.82, 2.24) is 10.6 Å². The molecule has 1 amide bonds. The second-order valence-corrected chi connectivity index (χ2v) is 4.26. The van der Waals surface area contributed by atoms with Gasteiger partial charge in [-0.15, -0.1) is 12.4 Å². The summed E-state index contributed by atoms with van der Waals surface area (Å²) < 4.78 is 0. The average molecular weight is 302 g/mol. The second kappa shape index (κ2) is 9.28. The maximum absolute atomic E-state index is 11.9. The lowest BCUT2D eigenvalue weighted by Crippen LogP contribution is -2.32. The zero-order valence-electron chi connectivity index (χ0n) is 11.6. The van der Waals surface area contributed by atoms with Crippen molar-refractivity contribution in [2.75, 3.05) is 19.6 Å². The Balaban J connectivity index is 0.00000361. The lowest BCUT2D eigenvalue weighted by molar-refractivity contribution is -0.384. The Hall–Kier alpha value is -1.66. The number of nitro groups is 1. The van der Waals surface area contributed by atoms with Gasteiger partial charge in [0.2, 0.25) is 0 Å². The van der Waals surface area contributed by atoms with Crippen molar-refractivity contribution in [3.8, 4) is 0 Å². The summed E-state index contributed by atoms with van der Waals surface area (Å²) in [7, 11) is 0. The van der Waals surface area contributed by atoms with E-state index in [1.807, 2.05) is 0 Å². The van der Waals surface area contributed by atoms with Gasteiger partial charge in [0.05, 0.1) is 4.92 Å². The lowest BCUT2D eigenvalue weighted by Gasteiger charge is -2.08. The van der Waals surface area contributed by atoms with E-state index < -0.39 is 4.92 Å². The smallest absolute Gasteiger partial charge is 0.270 e. The highest BCUT2D eigenvalue weighted by Gasteiger charge is 2.13. The molecule has 112 valence electrons. The van der Waals surface area contributed by atoms with Crippen LogP contribution in [0.3, 0.4) is 0 Å². The van der Waals surface area contributed by atoms with E-state index in [2.05, 4.69) is 17.6 Å². The number of non-ortho nitro benzene ring substituents is 1. The van der Waals surface area contributed by atoms with Gasteiger partial charge in [-0.05, 0) is 25.5 Å². The van der Waals surface area contributed by atoms with Gasteiger partial charge in [-0.25, -0.2) is 0 Å². The molecule has 0 bridgehead atoms. The number of carbonyl (C=O) groups is 1. The van der Waals surface area contributed by atoms with Crippen molar-refractivity contribution in [2.45, 2.75) is 20.3 Å². The molecule has 0 radical (unpaired) electrons. The van der Waals surface area contributed by atoms with Crippen LogP contribution in [0.2, 0.25) is 0 Å². The Bertz CT molecular complexity index is 466. The predicted molar refractivity (Wildman–Crippen MR) is 80.6 cm³/mol. The summed E-state index contributed by atoms with van der Waals surface area (Å²) in [6.45, 7) is 5.92. The van der Waals surface area contributed by atoms with Crippen LogP contribution in [0.4, 0.5) is 5.69 Å². The number of benzene rings is 1. The largest absolute Gasteiger partial charge is 0.351 e. The third-order valence-corrected chi connectivity index (χ3v) is 2.69. The standard InChI is InChI=1S/C13H19N3O3.ClH/c1-3-6-14-7-8-15-13(17)12-9-11(16(18)19)5-4-10(12)2;/h4-5,9,14H,3,6-8H2,1-2H3,(H,15,17);1H. The number of nitrogens with zero attached hydrogens (tertiary/aromatic N) is 1. The van der Waals surface area contributed by atoms with Gasteiger partial charge in [-0.2, -0.15) is 0 Å². The van der Waals surface area contributed by atoms with Crippen LogP contribution in [0.1, 0.15) is 29.3 Å². The average Bonchev–Trinajstić information content (AvgIpc) is 2.38. The van der Waals surface area contributed by atoms with Gasteiger partial charge in [0.1, 0.15) is 0 Å². The first-order valence-corrected chi connectivity index (χ1v) is 6.30. The maximum Gasteiger partial charge on any atom is 0.270 e. The van der Waals surface area contributed by atoms with Gasteiger partial charge in [0, 0.05) is 30.8 Å². The molecule has 1 rings (SSSR count). The van der Waals surface area contributed by atoms with Crippen LogP contribution >= 0.6 is 12.4 Å². The van der Waals surface area contributed by atoms with Gasteiger partial charge in [-0.1, -0.05) is 13.0 Å². The molecule has 0 fully saturated rings. The lowest BCUT2D eigenvalue weighted by atomic mass is 10.1. The number of nitrogens with one attached hydrogen (secondary N) is 2. The van der Waals surface area contributed by atoms with E-state index in [-0.39, 0.29) is 24.0 Å². The van der Waals surface area contributed by atoms with E-state index in [0.29, 0.717) is 18.7 Å². The summed E-state index contributed by atoms with van der Waals surface area (Å²) in [5, 5.41) is 16.6. The van der Waals surface area contributed by atoms with Gasteiger partial charge >= 0.3 is 0 Å². The molecule has 7 heteroatoms. The minimum atomic E-state index is -0.501. The molecule has 0 atom stereocenters. The third kappa shape index (κ3) is 5.54. The molecule has 0 unspecified atom stereocenters. The van der Waals surface area contributed by atoms with Crippen LogP contribution < -0.4 is 10.6 Å². The molecule has 0 heterocycles. The number of carbonyl (C=O) groups excluding carboxylic acids is 1. The molecule has 0 aliphatic rings. The predicted octanol–water partition coefficient (Wildman–Crippen LogP) is 2.05. The minimum absolute atomic E-state index is 0. The first kappa shape index (κ1) is 18.3. The topological polar surface area (TPSA) is 84.3 Å². The molecular weight excluding hydrogens is 282 g/mol. The monoisotopic (exact) mass is 301 g/mol. The molecule has 0 saturated heterocycles. The Morgan fingerprint density at radius 2 is 2.00 bits per heavy atom. The van der Waals surface area contributed by atoms with Crippen LogP contribution in [0.15, 0.2) is 18.2 Å². The van der Waals surface area contributed by atoms with E-state index in [0.717, 1.165) is 18.5 Å². The summed E-state index contributed by atoms with van der Waals surface area (Å²) in [5.41, 5.74) is 1.01. The summed E-state index contributed by atoms with van der Waals surface area (Å²) >= 11 is 0. The Morgan fingerprint density at radius 3 is 2.60 bits per heavy atom. The van der Waals surface area contributed by atoms with Gasteiger partial charge in [0.25, 0.3) is 11.6 Å². The molecule has 0 saturated carbocycles. The summed E-state index contributed by atoms with van der Waals surface area (Å²) in [4.78, 5) is 22.1. The number of hydrogen-bond donors (Lipinski definition) is 2. The van der Waals surface area contributed by atoms with Crippen molar-refractivity contribution in [2.24, 2.45) is 0 Å². The highest BCUT2D eigenvalue weighted by atomic mass is 35.5. The highest BCUT2D eigenvalue weighted by molar-refractivity contribution is 5.96. The highest BCUT2D eigenvalue weighted by Crippen LogP contribution is 2.17. The maximum atomic E-state index is 11.9. The molecule has 1 aromatic carbocycles. The summed E-state index contributed by atoms with van der Waals surface area (Å²) in [6.07, 6.45) is 1.04. The molecule has 20 heavy (non-hydrogen) atoms. The van der Waals surface area contributed by atoms with E-state index in [4.69, 9.17) is 0 Å². The fourth-order valence-electron chi connectivity index (χ4n) is 1.63. The van der Waals surface area contributed by atoms with Crippen molar-refractivity contribution in [3.63, 3.8) is 0 Å². The number of rotatable bonds is 7. The Labute approximate surface area is 124 Å². The van der Waals surface area contributed by atoms with Crippen molar-refractivity contribution >= 4 is 24.0 Å². The second-order valence-electron chi connectivity index (χ2n) is 4.26.